The number of hydrogen-bond donors (Lipinski definition) is 2. The molecule has 1 aliphatic rings. The molecule has 31 heavy (non-hydrogen) atoms. The average molecular weight is 543 g/mol. The highest BCUT2D eigenvalue weighted by Gasteiger charge is 2.34. The van der Waals surface area contributed by atoms with Crippen LogP contribution in [0, 0.1) is 5.82 Å². The Labute approximate surface area is 200 Å². The minimum absolute atomic E-state index is 0. The first-order chi connectivity index (χ1) is 14.6. The van der Waals surface area contributed by atoms with E-state index in [1.54, 1.807) is 12.1 Å². The summed E-state index contributed by atoms with van der Waals surface area (Å²) in [6.07, 6.45) is 1.52. The number of rotatable bonds is 8. The normalized spacial score (nSPS) is 15.6. The van der Waals surface area contributed by atoms with Crippen molar-refractivity contribution in [2.45, 2.75) is 32.1 Å². The van der Waals surface area contributed by atoms with E-state index in [4.69, 9.17) is 19.9 Å². The molecule has 1 heterocycles. The first-order valence-electron chi connectivity index (χ1n) is 10.4. The Balaban J connectivity index is 0.00000341. The molecule has 0 atom stereocenters. The van der Waals surface area contributed by atoms with Gasteiger partial charge in [-0.1, -0.05) is 12.1 Å². The Morgan fingerprint density at radius 1 is 1.13 bits per heavy atom. The topological polar surface area (TPSA) is 78.1 Å². The van der Waals surface area contributed by atoms with Gasteiger partial charge in [-0.2, -0.15) is 0 Å². The Morgan fingerprint density at radius 2 is 1.87 bits per heavy atom. The molecule has 2 aromatic rings. The van der Waals surface area contributed by atoms with Crippen LogP contribution in [-0.2, 0) is 10.2 Å². The van der Waals surface area contributed by atoms with Crippen molar-refractivity contribution in [2.75, 3.05) is 38.3 Å². The summed E-state index contributed by atoms with van der Waals surface area (Å²) in [4.78, 5) is 4.61. The van der Waals surface area contributed by atoms with E-state index in [2.05, 4.69) is 10.3 Å². The van der Waals surface area contributed by atoms with Crippen LogP contribution < -0.4 is 20.5 Å². The summed E-state index contributed by atoms with van der Waals surface area (Å²) in [5.41, 5.74) is 7.53. The van der Waals surface area contributed by atoms with E-state index in [0.717, 1.165) is 24.2 Å². The van der Waals surface area contributed by atoms with Gasteiger partial charge in [-0.15, -0.1) is 24.0 Å². The number of guanidine groups is 1. The summed E-state index contributed by atoms with van der Waals surface area (Å²) in [6, 6.07) is 12.3. The molecule has 1 saturated heterocycles. The van der Waals surface area contributed by atoms with E-state index in [0.29, 0.717) is 44.4 Å². The molecule has 0 spiro atoms. The second-order valence-electron chi connectivity index (χ2n) is 7.25. The molecule has 0 saturated carbocycles. The molecule has 6 nitrogen and oxygen atoms in total. The number of aliphatic imine (C=N–C) groups is 1. The lowest BCUT2D eigenvalue weighted by atomic mass is 9.74. The van der Waals surface area contributed by atoms with Gasteiger partial charge in [-0.05, 0) is 56.5 Å². The zero-order valence-corrected chi connectivity index (χ0v) is 20.4. The summed E-state index contributed by atoms with van der Waals surface area (Å²) >= 11 is 0. The van der Waals surface area contributed by atoms with Crippen molar-refractivity contribution in [3.63, 3.8) is 0 Å². The number of ether oxygens (including phenoxy) is 3. The van der Waals surface area contributed by atoms with Crippen molar-refractivity contribution in [1.82, 2.24) is 0 Å². The van der Waals surface area contributed by atoms with Gasteiger partial charge in [0, 0.05) is 24.7 Å². The molecule has 0 amide bonds. The van der Waals surface area contributed by atoms with Gasteiger partial charge in [0.2, 0.25) is 0 Å². The third kappa shape index (κ3) is 6.70. The number of nitrogens with two attached hydrogens (primary N) is 1. The predicted octanol–water partition coefficient (Wildman–Crippen LogP) is 4.72. The quantitative estimate of drug-likeness (QED) is 0.287. The highest BCUT2D eigenvalue weighted by Crippen LogP contribution is 2.36. The summed E-state index contributed by atoms with van der Waals surface area (Å²) in [5.74, 6) is 1.41. The fourth-order valence-corrected chi connectivity index (χ4v) is 3.68. The Morgan fingerprint density at radius 3 is 2.55 bits per heavy atom. The average Bonchev–Trinajstić information content (AvgIpc) is 2.75. The molecule has 170 valence electrons. The molecule has 0 aliphatic carbocycles. The summed E-state index contributed by atoms with van der Waals surface area (Å²) in [5, 5.41) is 3.13. The van der Waals surface area contributed by atoms with Crippen LogP contribution in [0.5, 0.6) is 11.5 Å². The molecule has 3 rings (SSSR count). The molecule has 0 bridgehead atoms. The van der Waals surface area contributed by atoms with Gasteiger partial charge in [-0.3, -0.25) is 4.99 Å². The molecule has 3 N–H and O–H groups in total. The lowest BCUT2D eigenvalue weighted by Crippen LogP contribution is -2.38. The van der Waals surface area contributed by atoms with Crippen LogP contribution in [0.15, 0.2) is 47.5 Å². The highest BCUT2D eigenvalue weighted by atomic mass is 127. The SMILES string of the molecule is CCOc1ccc(OCC)c(NC(N)=NCC2(c3cccc(F)c3)CCOCC2)c1.I. The molecule has 2 aromatic carbocycles. The number of anilines is 1. The maximum absolute atomic E-state index is 13.9. The van der Waals surface area contributed by atoms with Crippen molar-refractivity contribution in [1.29, 1.82) is 0 Å². The van der Waals surface area contributed by atoms with Gasteiger partial charge in [0.15, 0.2) is 5.96 Å². The smallest absolute Gasteiger partial charge is 0.193 e. The van der Waals surface area contributed by atoms with Gasteiger partial charge in [0.25, 0.3) is 0 Å². The van der Waals surface area contributed by atoms with E-state index in [1.807, 2.05) is 38.1 Å². The lowest BCUT2D eigenvalue weighted by Gasteiger charge is -2.36. The second kappa shape index (κ2) is 12.1. The highest BCUT2D eigenvalue weighted by molar-refractivity contribution is 14.0. The van der Waals surface area contributed by atoms with Crippen LogP contribution in [0.4, 0.5) is 10.1 Å². The van der Waals surface area contributed by atoms with Crippen molar-refractivity contribution in [3.05, 3.63) is 53.8 Å². The van der Waals surface area contributed by atoms with E-state index in [1.165, 1.54) is 6.07 Å². The van der Waals surface area contributed by atoms with E-state index in [-0.39, 0.29) is 41.2 Å². The zero-order valence-electron chi connectivity index (χ0n) is 18.0. The summed E-state index contributed by atoms with van der Waals surface area (Å²) in [7, 11) is 0. The van der Waals surface area contributed by atoms with Crippen molar-refractivity contribution >= 4 is 35.6 Å². The van der Waals surface area contributed by atoms with Gasteiger partial charge in [0.1, 0.15) is 17.3 Å². The first kappa shape index (κ1) is 25.2. The Bertz CT molecular complexity index is 873. The fourth-order valence-electron chi connectivity index (χ4n) is 3.68. The minimum atomic E-state index is -0.303. The second-order valence-corrected chi connectivity index (χ2v) is 7.25. The van der Waals surface area contributed by atoms with Gasteiger partial charge in [0.05, 0.1) is 25.4 Å². The molecule has 8 heteroatoms. The van der Waals surface area contributed by atoms with Crippen molar-refractivity contribution in [2.24, 2.45) is 10.7 Å². The van der Waals surface area contributed by atoms with Crippen LogP contribution in [0.3, 0.4) is 0 Å². The molecular weight excluding hydrogens is 512 g/mol. The molecule has 1 aliphatic heterocycles. The minimum Gasteiger partial charge on any atom is -0.494 e. The van der Waals surface area contributed by atoms with Crippen LogP contribution in [0.1, 0.15) is 32.3 Å². The summed E-state index contributed by atoms with van der Waals surface area (Å²) in [6.45, 7) is 6.62. The predicted molar refractivity (Wildman–Crippen MR) is 132 cm³/mol. The van der Waals surface area contributed by atoms with Crippen molar-refractivity contribution in [3.8, 4) is 11.5 Å². The number of nitrogens with zero attached hydrogens (tertiary/aromatic N) is 1. The van der Waals surface area contributed by atoms with Gasteiger partial charge < -0.3 is 25.3 Å². The molecule has 1 fully saturated rings. The van der Waals surface area contributed by atoms with Crippen LogP contribution in [-0.4, -0.2) is 38.9 Å². The van der Waals surface area contributed by atoms with E-state index < -0.39 is 0 Å². The first-order valence-corrected chi connectivity index (χ1v) is 10.4. The molecule has 0 unspecified atom stereocenters. The lowest BCUT2D eigenvalue weighted by molar-refractivity contribution is 0.0530. The number of halogens is 2. The summed E-state index contributed by atoms with van der Waals surface area (Å²) < 4.78 is 30.7. The largest absolute Gasteiger partial charge is 0.494 e. The number of hydrogen-bond acceptors (Lipinski definition) is 4. The standard InChI is InChI=1S/C23H30FN3O3.HI/c1-3-29-19-8-9-21(30-4-2)20(15-19)27-22(25)26-16-23(10-12-28-13-11-23)17-6-5-7-18(24)14-17;/h5-9,14-15H,3-4,10-13,16H2,1-2H3,(H3,25,26,27);1H. The maximum Gasteiger partial charge on any atom is 0.193 e. The van der Waals surface area contributed by atoms with Crippen LogP contribution in [0.2, 0.25) is 0 Å². The molecular formula is C23H31FIN3O3. The third-order valence-corrected chi connectivity index (χ3v) is 5.26. The van der Waals surface area contributed by atoms with Crippen molar-refractivity contribution < 1.29 is 18.6 Å². The monoisotopic (exact) mass is 543 g/mol. The molecule has 0 radical (unpaired) electrons. The fraction of sp³-hybridized carbons (Fsp3) is 0.435. The third-order valence-electron chi connectivity index (χ3n) is 5.26. The Kier molecular flexibility index (Phi) is 9.83. The Hall–Kier alpha value is -2.07. The molecule has 0 aromatic heterocycles. The van der Waals surface area contributed by atoms with Gasteiger partial charge in [-0.25, -0.2) is 4.39 Å². The van der Waals surface area contributed by atoms with Gasteiger partial charge >= 0.3 is 0 Å². The number of benzene rings is 2. The van der Waals surface area contributed by atoms with Crippen LogP contribution in [0.25, 0.3) is 0 Å². The van der Waals surface area contributed by atoms with E-state index >= 15 is 0 Å². The number of nitrogens with one attached hydrogen (secondary N) is 1. The van der Waals surface area contributed by atoms with Crippen LogP contribution >= 0.6 is 24.0 Å². The van der Waals surface area contributed by atoms with E-state index in [9.17, 15) is 4.39 Å². The zero-order chi connectivity index (χ0) is 21.4. The maximum atomic E-state index is 13.9.